The molecule has 0 unspecified atom stereocenters. The van der Waals surface area contributed by atoms with E-state index in [0.29, 0.717) is 6.04 Å². The minimum absolute atomic E-state index is 0.615. The number of benzene rings is 1. The van der Waals surface area contributed by atoms with E-state index >= 15 is 0 Å². The molecule has 0 spiro atoms. The largest absolute Gasteiger partial charge is 0.371 e. The van der Waals surface area contributed by atoms with Crippen molar-refractivity contribution in [2.45, 2.75) is 32.4 Å². The van der Waals surface area contributed by atoms with Gasteiger partial charge >= 0.3 is 0 Å². The Kier molecular flexibility index (Phi) is 4.25. The Labute approximate surface area is 126 Å². The average Bonchev–Trinajstić information content (AvgIpc) is 2.84. The van der Waals surface area contributed by atoms with Crippen LogP contribution >= 0.6 is 0 Å². The van der Waals surface area contributed by atoms with Crippen molar-refractivity contribution in [1.82, 2.24) is 15.1 Å². The lowest BCUT2D eigenvalue weighted by Gasteiger charge is -2.34. The van der Waals surface area contributed by atoms with Crippen molar-refractivity contribution in [3.8, 4) is 0 Å². The maximum absolute atomic E-state index is 4.39. The van der Waals surface area contributed by atoms with Gasteiger partial charge in [-0.15, -0.1) is 0 Å². The Bertz CT molecular complexity index is 568. The lowest BCUT2D eigenvalue weighted by atomic mass is 10.0. The van der Waals surface area contributed by atoms with Gasteiger partial charge < -0.3 is 10.2 Å². The fourth-order valence-corrected chi connectivity index (χ4v) is 3.06. The van der Waals surface area contributed by atoms with Crippen LogP contribution in [0.25, 0.3) is 0 Å². The van der Waals surface area contributed by atoms with E-state index in [0.717, 1.165) is 25.3 Å². The SMILES string of the molecule is Cc1nn(C)cc1CNC1CCN(c2ccccc2)CC1. The molecule has 1 saturated heterocycles. The van der Waals surface area contributed by atoms with Crippen LogP contribution in [0.2, 0.25) is 0 Å². The predicted octanol–water partition coefficient (Wildman–Crippen LogP) is 2.49. The number of anilines is 1. The number of piperidine rings is 1. The Morgan fingerprint density at radius 3 is 2.52 bits per heavy atom. The van der Waals surface area contributed by atoms with E-state index in [-0.39, 0.29) is 0 Å². The molecule has 1 aliphatic heterocycles. The summed E-state index contributed by atoms with van der Waals surface area (Å²) in [6.45, 7) is 5.27. The summed E-state index contributed by atoms with van der Waals surface area (Å²) in [7, 11) is 1.98. The number of aryl methyl sites for hydroxylation is 2. The van der Waals surface area contributed by atoms with Gasteiger partial charge in [-0.2, -0.15) is 5.10 Å². The van der Waals surface area contributed by atoms with Crippen LogP contribution in [0.5, 0.6) is 0 Å². The number of nitrogens with one attached hydrogen (secondary N) is 1. The van der Waals surface area contributed by atoms with Gasteiger partial charge in [0.05, 0.1) is 5.69 Å². The van der Waals surface area contributed by atoms with E-state index in [1.54, 1.807) is 0 Å². The lowest BCUT2D eigenvalue weighted by Crippen LogP contribution is -2.42. The molecule has 0 saturated carbocycles. The summed E-state index contributed by atoms with van der Waals surface area (Å²) in [4.78, 5) is 2.48. The van der Waals surface area contributed by atoms with Crippen LogP contribution in [-0.2, 0) is 13.6 Å². The molecule has 3 rings (SSSR count). The van der Waals surface area contributed by atoms with Crippen molar-refractivity contribution in [3.05, 3.63) is 47.8 Å². The summed E-state index contributed by atoms with van der Waals surface area (Å²) in [5.41, 5.74) is 3.79. The topological polar surface area (TPSA) is 33.1 Å². The van der Waals surface area contributed by atoms with E-state index in [1.165, 1.54) is 24.1 Å². The Morgan fingerprint density at radius 1 is 1.19 bits per heavy atom. The van der Waals surface area contributed by atoms with Crippen LogP contribution in [0, 0.1) is 6.92 Å². The van der Waals surface area contributed by atoms with Crippen LogP contribution in [0.15, 0.2) is 36.5 Å². The van der Waals surface area contributed by atoms with Crippen LogP contribution in [0.4, 0.5) is 5.69 Å². The van der Waals surface area contributed by atoms with Gasteiger partial charge in [0, 0.05) is 50.2 Å². The first-order chi connectivity index (χ1) is 10.2. The second-order valence-corrected chi connectivity index (χ2v) is 5.89. The third kappa shape index (κ3) is 3.45. The van der Waals surface area contributed by atoms with E-state index in [9.17, 15) is 0 Å². The van der Waals surface area contributed by atoms with Crippen LogP contribution in [-0.4, -0.2) is 28.9 Å². The molecule has 112 valence electrons. The van der Waals surface area contributed by atoms with E-state index in [4.69, 9.17) is 0 Å². The number of rotatable bonds is 4. The van der Waals surface area contributed by atoms with Crippen molar-refractivity contribution in [1.29, 1.82) is 0 Å². The maximum Gasteiger partial charge on any atom is 0.0638 e. The maximum atomic E-state index is 4.39. The highest BCUT2D eigenvalue weighted by molar-refractivity contribution is 5.46. The Hall–Kier alpha value is -1.81. The van der Waals surface area contributed by atoms with Gasteiger partial charge in [-0.1, -0.05) is 18.2 Å². The summed E-state index contributed by atoms with van der Waals surface area (Å²) >= 11 is 0. The third-order valence-electron chi connectivity index (χ3n) is 4.31. The van der Waals surface area contributed by atoms with Gasteiger partial charge in [0.1, 0.15) is 0 Å². The highest BCUT2D eigenvalue weighted by atomic mass is 15.3. The second-order valence-electron chi connectivity index (χ2n) is 5.89. The number of para-hydroxylation sites is 1. The van der Waals surface area contributed by atoms with Crippen molar-refractivity contribution in [2.24, 2.45) is 7.05 Å². The molecule has 4 nitrogen and oxygen atoms in total. The fraction of sp³-hybridized carbons (Fsp3) is 0.471. The summed E-state index contributed by atoms with van der Waals surface area (Å²) in [5, 5.41) is 8.08. The molecular formula is C17H24N4. The molecule has 1 aromatic heterocycles. The zero-order chi connectivity index (χ0) is 14.7. The van der Waals surface area contributed by atoms with Crippen molar-refractivity contribution in [3.63, 3.8) is 0 Å². The quantitative estimate of drug-likeness (QED) is 0.936. The number of nitrogens with zero attached hydrogens (tertiary/aromatic N) is 3. The first kappa shape index (κ1) is 14.1. The molecule has 2 heterocycles. The predicted molar refractivity (Wildman–Crippen MR) is 86.5 cm³/mol. The highest BCUT2D eigenvalue weighted by Gasteiger charge is 2.19. The summed E-state index contributed by atoms with van der Waals surface area (Å²) in [5.74, 6) is 0. The summed E-state index contributed by atoms with van der Waals surface area (Å²) < 4.78 is 1.89. The molecule has 4 heteroatoms. The second kappa shape index (κ2) is 6.31. The molecule has 0 amide bonds. The molecule has 0 bridgehead atoms. The normalized spacial score (nSPS) is 16.4. The first-order valence-corrected chi connectivity index (χ1v) is 7.75. The fourth-order valence-electron chi connectivity index (χ4n) is 3.06. The summed E-state index contributed by atoms with van der Waals surface area (Å²) in [6, 6.07) is 11.3. The smallest absolute Gasteiger partial charge is 0.0638 e. The van der Waals surface area contributed by atoms with Crippen LogP contribution in [0.1, 0.15) is 24.1 Å². The molecule has 0 atom stereocenters. The zero-order valence-electron chi connectivity index (χ0n) is 12.9. The molecule has 2 aromatic rings. The van der Waals surface area contributed by atoms with E-state index < -0.39 is 0 Å². The molecule has 1 aliphatic rings. The Balaban J connectivity index is 1.49. The molecule has 1 fully saturated rings. The Morgan fingerprint density at radius 2 is 1.90 bits per heavy atom. The molecule has 0 radical (unpaired) electrons. The van der Waals surface area contributed by atoms with E-state index in [2.05, 4.69) is 58.8 Å². The average molecular weight is 284 g/mol. The standard InChI is InChI=1S/C17H24N4/c1-14-15(13-20(2)19-14)12-18-16-8-10-21(11-9-16)17-6-4-3-5-7-17/h3-7,13,16,18H,8-12H2,1-2H3. The van der Waals surface area contributed by atoms with Gasteiger partial charge in [-0.05, 0) is 31.9 Å². The first-order valence-electron chi connectivity index (χ1n) is 7.75. The molecule has 1 N–H and O–H groups in total. The van der Waals surface area contributed by atoms with Gasteiger partial charge in [0.25, 0.3) is 0 Å². The number of aromatic nitrogens is 2. The van der Waals surface area contributed by atoms with Crippen LogP contribution < -0.4 is 10.2 Å². The summed E-state index contributed by atoms with van der Waals surface area (Å²) in [6.07, 6.45) is 4.52. The van der Waals surface area contributed by atoms with Crippen LogP contribution in [0.3, 0.4) is 0 Å². The molecule has 21 heavy (non-hydrogen) atoms. The highest BCUT2D eigenvalue weighted by Crippen LogP contribution is 2.19. The lowest BCUT2D eigenvalue weighted by molar-refractivity contribution is 0.413. The van der Waals surface area contributed by atoms with Crippen molar-refractivity contribution < 1.29 is 0 Å². The third-order valence-corrected chi connectivity index (χ3v) is 4.31. The van der Waals surface area contributed by atoms with Crippen molar-refractivity contribution >= 4 is 5.69 Å². The number of hydrogen-bond donors (Lipinski definition) is 1. The van der Waals surface area contributed by atoms with E-state index in [1.807, 2.05) is 11.7 Å². The minimum atomic E-state index is 0.615. The number of hydrogen-bond acceptors (Lipinski definition) is 3. The van der Waals surface area contributed by atoms with Gasteiger partial charge in [0.2, 0.25) is 0 Å². The molecule has 1 aromatic carbocycles. The zero-order valence-corrected chi connectivity index (χ0v) is 12.9. The molecular weight excluding hydrogens is 260 g/mol. The van der Waals surface area contributed by atoms with Gasteiger partial charge in [0.15, 0.2) is 0 Å². The minimum Gasteiger partial charge on any atom is -0.371 e. The molecule has 0 aliphatic carbocycles. The monoisotopic (exact) mass is 284 g/mol. The van der Waals surface area contributed by atoms with Crippen molar-refractivity contribution in [2.75, 3.05) is 18.0 Å². The van der Waals surface area contributed by atoms with Gasteiger partial charge in [-0.3, -0.25) is 4.68 Å². The van der Waals surface area contributed by atoms with Gasteiger partial charge in [-0.25, -0.2) is 0 Å².